The van der Waals surface area contributed by atoms with Gasteiger partial charge in [0.2, 0.25) is 5.91 Å². The van der Waals surface area contributed by atoms with E-state index in [2.05, 4.69) is 5.32 Å². The standard InChI is InChI=1S/C19H19F3N2O/c1-13-10-11-14-6-2-5-9-17(14)24(13)12-18(25)23-16-8-4-3-7-15(16)19(20,21)22/h2-9,13H,10-12H2,1H3,(H,23,25). The van der Waals surface area contributed by atoms with Crippen LogP contribution in [0.3, 0.4) is 0 Å². The van der Waals surface area contributed by atoms with E-state index in [0.717, 1.165) is 30.2 Å². The van der Waals surface area contributed by atoms with Crippen molar-refractivity contribution in [3.63, 3.8) is 0 Å². The number of alkyl halides is 3. The lowest BCUT2D eigenvalue weighted by atomic mass is 9.96. The van der Waals surface area contributed by atoms with Crippen molar-refractivity contribution in [2.24, 2.45) is 0 Å². The summed E-state index contributed by atoms with van der Waals surface area (Å²) in [5.41, 5.74) is 1.08. The molecule has 0 radical (unpaired) electrons. The minimum atomic E-state index is -4.51. The summed E-state index contributed by atoms with van der Waals surface area (Å²) in [7, 11) is 0. The van der Waals surface area contributed by atoms with Gasteiger partial charge in [0.05, 0.1) is 17.8 Å². The Morgan fingerprint density at radius 1 is 1.16 bits per heavy atom. The SMILES string of the molecule is CC1CCc2ccccc2N1CC(=O)Nc1ccccc1C(F)(F)F. The van der Waals surface area contributed by atoms with E-state index in [1.54, 1.807) is 0 Å². The molecule has 0 fully saturated rings. The molecule has 1 atom stereocenters. The van der Waals surface area contributed by atoms with E-state index in [-0.39, 0.29) is 18.3 Å². The molecule has 6 heteroatoms. The van der Waals surface area contributed by atoms with Crippen LogP contribution in [-0.2, 0) is 17.4 Å². The molecule has 1 heterocycles. The maximum atomic E-state index is 13.1. The Labute approximate surface area is 144 Å². The zero-order valence-electron chi connectivity index (χ0n) is 13.8. The minimum Gasteiger partial charge on any atom is -0.359 e. The van der Waals surface area contributed by atoms with Crippen LogP contribution >= 0.6 is 0 Å². The predicted molar refractivity (Wildman–Crippen MR) is 91.6 cm³/mol. The largest absolute Gasteiger partial charge is 0.418 e. The molecule has 0 saturated carbocycles. The van der Waals surface area contributed by atoms with E-state index in [9.17, 15) is 18.0 Å². The number of amides is 1. The van der Waals surface area contributed by atoms with Crippen molar-refractivity contribution in [3.05, 3.63) is 59.7 Å². The second-order valence-corrected chi connectivity index (χ2v) is 6.24. The summed E-state index contributed by atoms with van der Waals surface area (Å²) in [6.07, 6.45) is -2.66. The molecule has 1 unspecified atom stereocenters. The molecule has 1 aliphatic heterocycles. The molecular formula is C19H19F3N2O. The topological polar surface area (TPSA) is 32.3 Å². The van der Waals surface area contributed by atoms with Crippen LogP contribution in [0.1, 0.15) is 24.5 Å². The second kappa shape index (κ2) is 6.78. The Kier molecular flexibility index (Phi) is 4.70. The fourth-order valence-electron chi connectivity index (χ4n) is 3.18. The highest BCUT2D eigenvalue weighted by Crippen LogP contribution is 2.35. The Morgan fingerprint density at radius 2 is 1.84 bits per heavy atom. The average Bonchev–Trinajstić information content (AvgIpc) is 2.57. The van der Waals surface area contributed by atoms with Crippen molar-refractivity contribution >= 4 is 17.3 Å². The number of nitrogens with zero attached hydrogens (tertiary/aromatic N) is 1. The van der Waals surface area contributed by atoms with Gasteiger partial charge in [-0.3, -0.25) is 4.79 Å². The van der Waals surface area contributed by atoms with Crippen LogP contribution in [0.25, 0.3) is 0 Å². The molecule has 0 bridgehead atoms. The lowest BCUT2D eigenvalue weighted by molar-refractivity contribution is -0.137. The van der Waals surface area contributed by atoms with Gasteiger partial charge in [-0.2, -0.15) is 13.2 Å². The minimum absolute atomic E-state index is 0.0182. The van der Waals surface area contributed by atoms with Crippen molar-refractivity contribution in [1.82, 2.24) is 0 Å². The highest BCUT2D eigenvalue weighted by molar-refractivity contribution is 5.95. The molecule has 3 rings (SSSR count). The van der Waals surface area contributed by atoms with Crippen molar-refractivity contribution in [1.29, 1.82) is 0 Å². The number of fused-ring (bicyclic) bond motifs is 1. The number of anilines is 2. The number of aryl methyl sites for hydroxylation is 1. The van der Waals surface area contributed by atoms with Gasteiger partial charge in [-0.25, -0.2) is 0 Å². The number of para-hydroxylation sites is 2. The Balaban J connectivity index is 1.78. The number of nitrogens with one attached hydrogen (secondary N) is 1. The molecule has 2 aromatic carbocycles. The van der Waals surface area contributed by atoms with Gasteiger partial charge in [0.15, 0.2) is 0 Å². The lowest BCUT2D eigenvalue weighted by Crippen LogP contribution is -2.42. The van der Waals surface area contributed by atoms with Crippen LogP contribution in [-0.4, -0.2) is 18.5 Å². The number of rotatable bonds is 3. The average molecular weight is 348 g/mol. The molecule has 3 nitrogen and oxygen atoms in total. The summed E-state index contributed by atoms with van der Waals surface area (Å²) < 4.78 is 39.2. The first kappa shape index (κ1) is 17.3. The third-order valence-electron chi connectivity index (χ3n) is 4.49. The molecule has 0 spiro atoms. The molecule has 1 amide bonds. The fourth-order valence-corrected chi connectivity index (χ4v) is 3.18. The van der Waals surface area contributed by atoms with Crippen LogP contribution < -0.4 is 10.2 Å². The number of halogens is 3. The second-order valence-electron chi connectivity index (χ2n) is 6.24. The van der Waals surface area contributed by atoms with E-state index in [1.165, 1.54) is 18.2 Å². The predicted octanol–water partition coefficient (Wildman–Crippen LogP) is 4.49. The van der Waals surface area contributed by atoms with Crippen LogP contribution in [0.2, 0.25) is 0 Å². The number of benzene rings is 2. The summed E-state index contributed by atoms with van der Waals surface area (Å²) in [5, 5.41) is 2.42. The first-order valence-electron chi connectivity index (χ1n) is 8.17. The van der Waals surface area contributed by atoms with E-state index < -0.39 is 17.6 Å². The molecule has 132 valence electrons. The maximum absolute atomic E-state index is 13.1. The Hall–Kier alpha value is -2.50. The highest BCUT2D eigenvalue weighted by Gasteiger charge is 2.34. The van der Waals surface area contributed by atoms with E-state index in [0.29, 0.717) is 0 Å². The first-order valence-corrected chi connectivity index (χ1v) is 8.17. The van der Waals surface area contributed by atoms with Gasteiger partial charge in [0.1, 0.15) is 0 Å². The smallest absolute Gasteiger partial charge is 0.359 e. The molecule has 0 aliphatic carbocycles. The van der Waals surface area contributed by atoms with Gasteiger partial charge >= 0.3 is 6.18 Å². The van der Waals surface area contributed by atoms with Crippen molar-refractivity contribution in [2.45, 2.75) is 32.0 Å². The summed E-state index contributed by atoms with van der Waals surface area (Å²) in [4.78, 5) is 14.3. The third-order valence-corrected chi connectivity index (χ3v) is 4.49. The summed E-state index contributed by atoms with van der Waals surface area (Å²) in [5.74, 6) is -0.458. The summed E-state index contributed by atoms with van der Waals surface area (Å²) >= 11 is 0. The van der Waals surface area contributed by atoms with Crippen LogP contribution in [0.5, 0.6) is 0 Å². The first-order chi connectivity index (χ1) is 11.9. The van der Waals surface area contributed by atoms with Gasteiger partial charge in [0, 0.05) is 11.7 Å². The molecule has 25 heavy (non-hydrogen) atoms. The quantitative estimate of drug-likeness (QED) is 0.887. The van der Waals surface area contributed by atoms with Crippen LogP contribution in [0, 0.1) is 0 Å². The van der Waals surface area contributed by atoms with Gasteiger partial charge < -0.3 is 10.2 Å². The number of hydrogen-bond donors (Lipinski definition) is 1. The fraction of sp³-hybridized carbons (Fsp3) is 0.316. The van der Waals surface area contributed by atoms with Gasteiger partial charge in [0.25, 0.3) is 0 Å². The van der Waals surface area contributed by atoms with Gasteiger partial charge in [-0.1, -0.05) is 30.3 Å². The summed E-state index contributed by atoms with van der Waals surface area (Å²) in [6, 6.07) is 13.0. The lowest BCUT2D eigenvalue weighted by Gasteiger charge is -2.36. The summed E-state index contributed by atoms with van der Waals surface area (Å²) in [6.45, 7) is 2.04. The number of hydrogen-bond acceptors (Lipinski definition) is 2. The van der Waals surface area contributed by atoms with E-state index in [1.807, 2.05) is 36.1 Å². The molecule has 2 aromatic rings. The monoisotopic (exact) mass is 348 g/mol. The van der Waals surface area contributed by atoms with E-state index >= 15 is 0 Å². The zero-order valence-corrected chi connectivity index (χ0v) is 13.8. The van der Waals surface area contributed by atoms with Crippen molar-refractivity contribution in [3.8, 4) is 0 Å². The molecular weight excluding hydrogens is 329 g/mol. The zero-order chi connectivity index (χ0) is 18.0. The van der Waals surface area contributed by atoms with Crippen LogP contribution in [0.15, 0.2) is 48.5 Å². The molecule has 1 aliphatic rings. The van der Waals surface area contributed by atoms with Crippen LogP contribution in [0.4, 0.5) is 24.5 Å². The van der Waals surface area contributed by atoms with Gasteiger partial charge in [-0.15, -0.1) is 0 Å². The maximum Gasteiger partial charge on any atom is 0.418 e. The number of carbonyl (C=O) groups excluding carboxylic acids is 1. The molecule has 0 aromatic heterocycles. The van der Waals surface area contributed by atoms with E-state index in [4.69, 9.17) is 0 Å². The Bertz CT molecular complexity index is 773. The highest BCUT2D eigenvalue weighted by atomic mass is 19.4. The third kappa shape index (κ3) is 3.78. The normalized spacial score (nSPS) is 17.1. The van der Waals surface area contributed by atoms with Crippen molar-refractivity contribution < 1.29 is 18.0 Å². The molecule has 0 saturated heterocycles. The van der Waals surface area contributed by atoms with Crippen molar-refractivity contribution in [2.75, 3.05) is 16.8 Å². The Morgan fingerprint density at radius 3 is 2.60 bits per heavy atom. The number of carbonyl (C=O) groups is 1. The molecule has 1 N–H and O–H groups in total. The van der Waals surface area contributed by atoms with Gasteiger partial charge in [-0.05, 0) is 43.5 Å².